The third-order valence-corrected chi connectivity index (χ3v) is 5.35. The van der Waals surface area contributed by atoms with Crippen LogP contribution in [0.4, 0.5) is 11.8 Å². The van der Waals surface area contributed by atoms with Crippen LogP contribution >= 0.6 is 0 Å². The molecule has 3 heterocycles. The fourth-order valence-corrected chi connectivity index (χ4v) is 3.78. The van der Waals surface area contributed by atoms with Crippen LogP contribution in [0.15, 0.2) is 18.0 Å². The van der Waals surface area contributed by atoms with Crippen molar-refractivity contribution >= 4 is 22.9 Å². The Bertz CT molecular complexity index is 869. The third kappa shape index (κ3) is 3.55. The average Bonchev–Trinajstić information content (AvgIpc) is 3.24. The number of nitrogen functional groups attached to an aromatic ring is 1. The Morgan fingerprint density at radius 3 is 2.82 bits per heavy atom. The summed E-state index contributed by atoms with van der Waals surface area (Å²) < 4.78 is 7.08. The van der Waals surface area contributed by atoms with Gasteiger partial charge in [0.15, 0.2) is 17.7 Å². The Balaban J connectivity index is 1.54. The number of aliphatic hydroxyl groups is 3. The molecular weight excluding hydrogens is 364 g/mol. The van der Waals surface area contributed by atoms with Crippen LogP contribution < -0.4 is 11.1 Å². The highest BCUT2D eigenvalue weighted by Gasteiger charge is 2.44. The van der Waals surface area contributed by atoms with Crippen LogP contribution in [0, 0.1) is 0 Å². The summed E-state index contributed by atoms with van der Waals surface area (Å²) in [6, 6.07) is 0. The molecule has 2 aromatic heterocycles. The van der Waals surface area contributed by atoms with Gasteiger partial charge in [-0.15, -0.1) is 0 Å². The predicted molar refractivity (Wildman–Crippen MR) is 102 cm³/mol. The van der Waals surface area contributed by atoms with Gasteiger partial charge in [0, 0.05) is 6.54 Å². The standard InChI is InChI=1S/C18H26N6O4/c19-15-12-16(23-18(22-15)20-7-6-10-4-2-1-3-5-10)24(9-21-12)17-14(27)13(26)11(8-25)28-17/h4,9,11,13-14,17,25-27H,1-3,5-8H2,(H3,19,20,22,23)/t11-,13-,14-,17-/m1/s1. The number of allylic oxidation sites excluding steroid dienone is 1. The number of nitrogens with one attached hydrogen (secondary N) is 1. The molecule has 2 aliphatic rings. The summed E-state index contributed by atoms with van der Waals surface area (Å²) in [5, 5.41) is 32.8. The van der Waals surface area contributed by atoms with Crippen molar-refractivity contribution in [1.82, 2.24) is 19.5 Å². The highest BCUT2D eigenvalue weighted by molar-refractivity contribution is 5.83. The molecule has 2 aromatic rings. The van der Waals surface area contributed by atoms with Gasteiger partial charge in [0.25, 0.3) is 0 Å². The molecule has 0 aromatic carbocycles. The zero-order chi connectivity index (χ0) is 19.7. The number of nitrogens with two attached hydrogens (primary N) is 1. The second-order valence-electron chi connectivity index (χ2n) is 7.27. The number of ether oxygens (including phenoxy) is 1. The first-order valence-electron chi connectivity index (χ1n) is 9.62. The zero-order valence-electron chi connectivity index (χ0n) is 15.5. The molecule has 0 radical (unpaired) electrons. The van der Waals surface area contributed by atoms with Gasteiger partial charge in [-0.3, -0.25) is 4.57 Å². The van der Waals surface area contributed by atoms with Crippen LogP contribution in [-0.4, -0.2) is 66.3 Å². The molecule has 1 aliphatic heterocycles. The summed E-state index contributed by atoms with van der Waals surface area (Å²) in [5.41, 5.74) is 8.25. The minimum atomic E-state index is -1.22. The normalized spacial score (nSPS) is 27.9. The molecular formula is C18H26N6O4. The van der Waals surface area contributed by atoms with Crippen LogP contribution in [0.2, 0.25) is 0 Å². The maximum Gasteiger partial charge on any atom is 0.226 e. The molecule has 10 nitrogen and oxygen atoms in total. The van der Waals surface area contributed by atoms with Gasteiger partial charge >= 0.3 is 0 Å². The number of rotatable bonds is 6. The zero-order valence-corrected chi connectivity index (χ0v) is 15.5. The smallest absolute Gasteiger partial charge is 0.226 e. The van der Waals surface area contributed by atoms with E-state index < -0.39 is 31.1 Å². The summed E-state index contributed by atoms with van der Waals surface area (Å²) in [6.45, 7) is 0.292. The first kappa shape index (κ1) is 19.1. The molecule has 1 saturated heterocycles. The first-order chi connectivity index (χ1) is 13.6. The maximum absolute atomic E-state index is 10.3. The van der Waals surface area contributed by atoms with Gasteiger partial charge < -0.3 is 31.1 Å². The number of nitrogens with zero attached hydrogens (tertiary/aromatic N) is 4. The van der Waals surface area contributed by atoms with E-state index >= 15 is 0 Å². The van der Waals surface area contributed by atoms with Crippen molar-refractivity contribution in [3.63, 3.8) is 0 Å². The molecule has 10 heteroatoms. The van der Waals surface area contributed by atoms with Crippen molar-refractivity contribution in [1.29, 1.82) is 0 Å². The van der Waals surface area contributed by atoms with E-state index in [1.807, 2.05) is 0 Å². The van der Waals surface area contributed by atoms with Gasteiger partial charge in [0.05, 0.1) is 12.9 Å². The Morgan fingerprint density at radius 1 is 1.25 bits per heavy atom. The second-order valence-corrected chi connectivity index (χ2v) is 7.27. The molecule has 4 atom stereocenters. The average molecular weight is 390 g/mol. The molecule has 0 spiro atoms. The summed E-state index contributed by atoms with van der Waals surface area (Å²) in [6.07, 6.45) is 5.24. The fraction of sp³-hybridized carbons (Fsp3) is 0.611. The largest absolute Gasteiger partial charge is 0.394 e. The molecule has 0 amide bonds. The fourth-order valence-electron chi connectivity index (χ4n) is 3.78. The van der Waals surface area contributed by atoms with E-state index in [-0.39, 0.29) is 5.82 Å². The lowest BCUT2D eigenvalue weighted by Crippen LogP contribution is -2.33. The van der Waals surface area contributed by atoms with Crippen molar-refractivity contribution in [2.45, 2.75) is 56.6 Å². The van der Waals surface area contributed by atoms with E-state index in [4.69, 9.17) is 10.5 Å². The number of fused-ring (bicyclic) bond motifs is 1. The van der Waals surface area contributed by atoms with Gasteiger partial charge in [-0.05, 0) is 32.1 Å². The Hall–Kier alpha value is -2.27. The topological polar surface area (TPSA) is 152 Å². The number of imidazole rings is 1. The monoisotopic (exact) mass is 390 g/mol. The van der Waals surface area contributed by atoms with Gasteiger partial charge in [-0.2, -0.15) is 9.97 Å². The van der Waals surface area contributed by atoms with E-state index in [0.29, 0.717) is 23.7 Å². The lowest BCUT2D eigenvalue weighted by Gasteiger charge is -2.17. The Labute approximate surface area is 162 Å². The van der Waals surface area contributed by atoms with Gasteiger partial charge in [0.2, 0.25) is 5.95 Å². The van der Waals surface area contributed by atoms with Gasteiger partial charge in [0.1, 0.15) is 23.8 Å². The van der Waals surface area contributed by atoms with Gasteiger partial charge in [-0.25, -0.2) is 4.98 Å². The summed E-state index contributed by atoms with van der Waals surface area (Å²) >= 11 is 0. The Morgan fingerprint density at radius 2 is 2.11 bits per heavy atom. The minimum Gasteiger partial charge on any atom is -0.394 e. The number of aromatic nitrogens is 4. The quantitative estimate of drug-likeness (QED) is 0.439. The number of aliphatic hydroxyl groups excluding tert-OH is 3. The van der Waals surface area contributed by atoms with Crippen molar-refractivity contribution in [2.24, 2.45) is 0 Å². The third-order valence-electron chi connectivity index (χ3n) is 5.35. The molecule has 0 bridgehead atoms. The Kier molecular flexibility index (Phi) is 5.44. The van der Waals surface area contributed by atoms with Crippen molar-refractivity contribution in [2.75, 3.05) is 24.2 Å². The number of hydrogen-bond donors (Lipinski definition) is 5. The number of hydrogen-bond acceptors (Lipinski definition) is 9. The summed E-state index contributed by atoms with van der Waals surface area (Å²) in [7, 11) is 0. The molecule has 1 fully saturated rings. The van der Waals surface area contributed by atoms with Crippen molar-refractivity contribution in [3.8, 4) is 0 Å². The molecule has 0 unspecified atom stereocenters. The maximum atomic E-state index is 10.3. The molecule has 0 saturated carbocycles. The van der Waals surface area contributed by atoms with Crippen LogP contribution in [-0.2, 0) is 4.74 Å². The van der Waals surface area contributed by atoms with E-state index in [1.54, 1.807) is 0 Å². The van der Waals surface area contributed by atoms with Crippen molar-refractivity contribution in [3.05, 3.63) is 18.0 Å². The summed E-state index contributed by atoms with van der Waals surface area (Å²) in [4.78, 5) is 12.9. The molecule has 28 heavy (non-hydrogen) atoms. The highest BCUT2D eigenvalue weighted by atomic mass is 16.6. The minimum absolute atomic E-state index is 0.217. The summed E-state index contributed by atoms with van der Waals surface area (Å²) in [5.74, 6) is 0.588. The predicted octanol–water partition coefficient (Wildman–Crippen LogP) is 0.322. The molecule has 4 rings (SSSR count). The SMILES string of the molecule is Nc1nc(NCCC2=CCCCC2)nc2c1ncn2[C@@H]1O[C@H](CO)[C@@H](O)[C@H]1O. The van der Waals surface area contributed by atoms with E-state index in [9.17, 15) is 15.3 Å². The lowest BCUT2D eigenvalue weighted by molar-refractivity contribution is -0.0511. The second kappa shape index (κ2) is 8.00. The van der Waals surface area contributed by atoms with Crippen LogP contribution in [0.3, 0.4) is 0 Å². The van der Waals surface area contributed by atoms with Crippen LogP contribution in [0.25, 0.3) is 11.2 Å². The molecule has 1 aliphatic carbocycles. The van der Waals surface area contributed by atoms with E-state index in [1.165, 1.54) is 29.3 Å². The van der Waals surface area contributed by atoms with E-state index in [0.717, 1.165) is 19.3 Å². The lowest BCUT2D eigenvalue weighted by atomic mass is 9.97. The van der Waals surface area contributed by atoms with Crippen LogP contribution in [0.5, 0.6) is 0 Å². The molecule has 6 N–H and O–H groups in total. The molecule has 152 valence electrons. The number of anilines is 2. The highest BCUT2D eigenvalue weighted by Crippen LogP contribution is 2.32. The van der Waals surface area contributed by atoms with E-state index in [2.05, 4.69) is 26.3 Å². The van der Waals surface area contributed by atoms with Gasteiger partial charge in [-0.1, -0.05) is 11.6 Å². The van der Waals surface area contributed by atoms with Crippen LogP contribution in [0.1, 0.15) is 38.3 Å². The van der Waals surface area contributed by atoms with Crippen molar-refractivity contribution < 1.29 is 20.1 Å². The first-order valence-corrected chi connectivity index (χ1v) is 9.62.